The molecule has 3 aromatic rings. The lowest BCUT2D eigenvalue weighted by Gasteiger charge is -2.48. The standard InChI is InChI=1S/C25H27F3N6O/c1-5-20-14-33(23-22-21(32(4)24(35)31-23)11-10-19(12-29)30-22)15(2)13-34(20)16(3)17-6-8-18(9-7-17)25(26,27)28/h6-11,15-16,20H,5,13-14H2,1-4H3/t15-,16?,20+/m0/s1. The van der Waals surface area contributed by atoms with E-state index in [9.17, 15) is 23.2 Å². The van der Waals surface area contributed by atoms with Crippen LogP contribution in [-0.4, -0.2) is 44.6 Å². The van der Waals surface area contributed by atoms with Gasteiger partial charge in [0, 0.05) is 38.3 Å². The van der Waals surface area contributed by atoms with E-state index < -0.39 is 17.4 Å². The van der Waals surface area contributed by atoms with Gasteiger partial charge in [-0.3, -0.25) is 9.47 Å². The van der Waals surface area contributed by atoms with Gasteiger partial charge in [0.25, 0.3) is 0 Å². The molecule has 4 rings (SSSR count). The number of nitrogens with zero attached hydrogens (tertiary/aromatic N) is 6. The van der Waals surface area contributed by atoms with Crippen molar-refractivity contribution in [3.63, 3.8) is 0 Å². The number of hydrogen-bond donors (Lipinski definition) is 0. The second kappa shape index (κ2) is 9.30. The summed E-state index contributed by atoms with van der Waals surface area (Å²) in [6.45, 7) is 7.28. The fourth-order valence-corrected chi connectivity index (χ4v) is 4.81. The van der Waals surface area contributed by atoms with E-state index in [-0.39, 0.29) is 23.8 Å². The van der Waals surface area contributed by atoms with Crippen molar-refractivity contribution in [2.24, 2.45) is 7.05 Å². The Hall–Kier alpha value is -3.45. The second-order valence-electron chi connectivity index (χ2n) is 9.01. The molecule has 0 amide bonds. The Morgan fingerprint density at radius 3 is 2.43 bits per heavy atom. The van der Waals surface area contributed by atoms with E-state index in [1.807, 2.05) is 19.9 Å². The average molecular weight is 485 g/mol. The van der Waals surface area contributed by atoms with E-state index in [0.717, 1.165) is 24.1 Å². The van der Waals surface area contributed by atoms with E-state index in [0.29, 0.717) is 29.9 Å². The van der Waals surface area contributed by atoms with Crippen LogP contribution in [0.5, 0.6) is 0 Å². The number of nitriles is 1. The van der Waals surface area contributed by atoms with Gasteiger partial charge in [-0.25, -0.2) is 9.78 Å². The average Bonchev–Trinajstić information content (AvgIpc) is 2.85. The number of anilines is 1. The van der Waals surface area contributed by atoms with Gasteiger partial charge in [0.05, 0.1) is 11.1 Å². The highest BCUT2D eigenvalue weighted by atomic mass is 19.4. The number of fused-ring (bicyclic) bond motifs is 1. The third-order valence-corrected chi connectivity index (χ3v) is 6.89. The molecule has 7 nitrogen and oxygen atoms in total. The number of benzene rings is 1. The van der Waals surface area contributed by atoms with Crippen LogP contribution in [0.15, 0.2) is 41.2 Å². The lowest BCUT2D eigenvalue weighted by atomic mass is 9.98. The van der Waals surface area contributed by atoms with Crippen LogP contribution in [-0.2, 0) is 13.2 Å². The summed E-state index contributed by atoms with van der Waals surface area (Å²) in [5.41, 5.74) is 1.09. The minimum absolute atomic E-state index is 0.0509. The Morgan fingerprint density at radius 1 is 1.14 bits per heavy atom. The second-order valence-corrected chi connectivity index (χ2v) is 9.01. The SMILES string of the molecule is CC[C@@H]1CN(c2nc(=O)n(C)c3ccc(C#N)nc23)[C@@H](C)CN1C(C)c1ccc(C(F)(F)F)cc1. The molecule has 0 spiro atoms. The summed E-state index contributed by atoms with van der Waals surface area (Å²) >= 11 is 0. The summed E-state index contributed by atoms with van der Waals surface area (Å²) in [4.78, 5) is 25.7. The van der Waals surface area contributed by atoms with Crippen molar-refractivity contribution in [1.29, 1.82) is 5.26 Å². The number of aromatic nitrogens is 3. The van der Waals surface area contributed by atoms with Gasteiger partial charge in [-0.15, -0.1) is 0 Å². The van der Waals surface area contributed by atoms with Gasteiger partial charge >= 0.3 is 11.9 Å². The van der Waals surface area contributed by atoms with Crippen molar-refractivity contribution < 1.29 is 13.2 Å². The first-order valence-corrected chi connectivity index (χ1v) is 11.5. The van der Waals surface area contributed by atoms with Gasteiger partial charge in [-0.1, -0.05) is 19.1 Å². The van der Waals surface area contributed by atoms with Gasteiger partial charge in [-0.05, 0) is 50.1 Å². The van der Waals surface area contributed by atoms with E-state index in [4.69, 9.17) is 0 Å². The largest absolute Gasteiger partial charge is 0.416 e. The summed E-state index contributed by atoms with van der Waals surface area (Å²) in [5.74, 6) is 0.452. The fourth-order valence-electron chi connectivity index (χ4n) is 4.81. The molecule has 3 heterocycles. The molecular formula is C25H27F3N6O. The number of hydrogen-bond acceptors (Lipinski definition) is 6. The molecule has 1 saturated heterocycles. The first-order chi connectivity index (χ1) is 16.5. The van der Waals surface area contributed by atoms with Crippen LogP contribution in [0.1, 0.15) is 50.1 Å². The number of pyridine rings is 1. The number of piperazine rings is 1. The topological polar surface area (TPSA) is 78.0 Å². The molecule has 0 saturated carbocycles. The van der Waals surface area contributed by atoms with Crippen molar-refractivity contribution in [2.75, 3.05) is 18.0 Å². The molecule has 10 heteroatoms. The summed E-state index contributed by atoms with van der Waals surface area (Å²) in [6, 6.07) is 10.6. The molecule has 184 valence electrons. The molecule has 2 aromatic heterocycles. The van der Waals surface area contributed by atoms with Crippen LogP contribution in [0.25, 0.3) is 11.0 Å². The molecule has 0 bridgehead atoms. The highest BCUT2D eigenvalue weighted by molar-refractivity contribution is 5.86. The molecule has 0 radical (unpaired) electrons. The Morgan fingerprint density at radius 2 is 1.83 bits per heavy atom. The van der Waals surface area contributed by atoms with Crippen molar-refractivity contribution in [2.45, 2.75) is 51.5 Å². The maximum Gasteiger partial charge on any atom is 0.416 e. The third-order valence-electron chi connectivity index (χ3n) is 6.89. The van der Waals surface area contributed by atoms with Crippen LogP contribution < -0.4 is 10.6 Å². The van der Waals surface area contributed by atoms with Crippen LogP contribution >= 0.6 is 0 Å². The van der Waals surface area contributed by atoms with E-state index in [1.54, 1.807) is 31.3 Å². The van der Waals surface area contributed by atoms with E-state index in [2.05, 4.69) is 26.7 Å². The molecule has 0 N–H and O–H groups in total. The first kappa shape index (κ1) is 24.7. The van der Waals surface area contributed by atoms with E-state index in [1.165, 1.54) is 4.57 Å². The Balaban J connectivity index is 1.67. The normalized spacial score (nSPS) is 20.1. The minimum atomic E-state index is -4.37. The highest BCUT2D eigenvalue weighted by Crippen LogP contribution is 2.34. The van der Waals surface area contributed by atoms with Gasteiger partial charge in [0.15, 0.2) is 5.82 Å². The van der Waals surface area contributed by atoms with Crippen LogP contribution in [0, 0.1) is 11.3 Å². The van der Waals surface area contributed by atoms with Crippen LogP contribution in [0.2, 0.25) is 0 Å². The molecule has 1 aliphatic rings. The first-order valence-electron chi connectivity index (χ1n) is 11.5. The lowest BCUT2D eigenvalue weighted by Crippen LogP contribution is -2.58. The quantitative estimate of drug-likeness (QED) is 0.551. The van der Waals surface area contributed by atoms with Gasteiger partial charge in [0.1, 0.15) is 17.3 Å². The summed E-state index contributed by atoms with van der Waals surface area (Å²) in [7, 11) is 1.62. The lowest BCUT2D eigenvalue weighted by molar-refractivity contribution is -0.137. The van der Waals surface area contributed by atoms with Gasteiger partial charge in [-0.2, -0.15) is 23.4 Å². The predicted octanol–water partition coefficient (Wildman–Crippen LogP) is 4.27. The Kier molecular flexibility index (Phi) is 6.56. The Labute approximate surface area is 201 Å². The monoisotopic (exact) mass is 484 g/mol. The molecule has 0 aliphatic carbocycles. The van der Waals surface area contributed by atoms with Crippen LogP contribution in [0.4, 0.5) is 19.0 Å². The Bertz CT molecular complexity index is 1330. The summed E-state index contributed by atoms with van der Waals surface area (Å²) < 4.78 is 40.4. The fraction of sp³-hybridized carbons (Fsp3) is 0.440. The minimum Gasteiger partial charge on any atom is -0.349 e. The summed E-state index contributed by atoms with van der Waals surface area (Å²) in [6.07, 6.45) is -3.57. The molecule has 3 atom stereocenters. The zero-order valence-electron chi connectivity index (χ0n) is 20.0. The van der Waals surface area contributed by atoms with E-state index >= 15 is 0 Å². The number of halogens is 3. The maximum absolute atomic E-state index is 13.0. The van der Waals surface area contributed by atoms with Gasteiger partial charge in [0.2, 0.25) is 0 Å². The smallest absolute Gasteiger partial charge is 0.349 e. The number of alkyl halides is 3. The third kappa shape index (κ3) is 4.60. The molecular weight excluding hydrogens is 457 g/mol. The molecule has 1 aliphatic heterocycles. The highest BCUT2D eigenvalue weighted by Gasteiger charge is 2.36. The molecule has 1 aromatic carbocycles. The zero-order chi connectivity index (χ0) is 25.5. The maximum atomic E-state index is 13.0. The molecule has 1 unspecified atom stereocenters. The van der Waals surface area contributed by atoms with Crippen molar-refractivity contribution in [3.8, 4) is 6.07 Å². The molecule has 35 heavy (non-hydrogen) atoms. The van der Waals surface area contributed by atoms with Crippen molar-refractivity contribution in [1.82, 2.24) is 19.4 Å². The van der Waals surface area contributed by atoms with Crippen LogP contribution in [0.3, 0.4) is 0 Å². The predicted molar refractivity (Wildman–Crippen MR) is 127 cm³/mol. The number of rotatable bonds is 4. The van der Waals surface area contributed by atoms with Gasteiger partial charge < -0.3 is 4.90 Å². The number of aryl methyl sites for hydroxylation is 1. The zero-order valence-corrected chi connectivity index (χ0v) is 20.0. The molecule has 1 fully saturated rings. The van der Waals surface area contributed by atoms with Crippen molar-refractivity contribution >= 4 is 16.9 Å². The van der Waals surface area contributed by atoms with Crippen molar-refractivity contribution in [3.05, 3.63) is 63.7 Å². The summed E-state index contributed by atoms with van der Waals surface area (Å²) in [5, 5.41) is 9.34.